The number of para-hydroxylation sites is 1. The lowest BCUT2D eigenvalue weighted by atomic mass is 10.0. The van der Waals surface area contributed by atoms with Crippen molar-refractivity contribution < 1.29 is 13.9 Å². The number of ether oxygens (including phenoxy) is 1. The van der Waals surface area contributed by atoms with Crippen molar-refractivity contribution in [1.29, 1.82) is 0 Å². The molecule has 0 aliphatic carbocycles. The highest BCUT2D eigenvalue weighted by atomic mass is 16.5. The van der Waals surface area contributed by atoms with Crippen LogP contribution >= 0.6 is 0 Å². The molecule has 1 amide bonds. The van der Waals surface area contributed by atoms with Gasteiger partial charge in [0.15, 0.2) is 0 Å². The number of carbonyl (C=O) groups excluding carboxylic acids is 1. The lowest BCUT2D eigenvalue weighted by molar-refractivity contribution is 0.0651. The summed E-state index contributed by atoms with van der Waals surface area (Å²) in [6, 6.07) is 19.2. The van der Waals surface area contributed by atoms with Crippen LogP contribution < -0.4 is 10.1 Å². The maximum Gasteiger partial charge on any atom is 0.258 e. The minimum Gasteiger partial charge on any atom is -0.494 e. The fourth-order valence-corrected chi connectivity index (χ4v) is 3.26. The Morgan fingerprint density at radius 1 is 1.07 bits per heavy atom. The molecular formula is C22H22N2O3. The molecule has 0 bridgehead atoms. The molecule has 0 radical (unpaired) electrons. The zero-order chi connectivity index (χ0) is 18.6. The zero-order valence-corrected chi connectivity index (χ0v) is 15.2. The molecule has 1 N–H and O–H groups in total. The molecule has 0 unspecified atom stereocenters. The highest BCUT2D eigenvalue weighted by molar-refractivity contribution is 6.01. The monoisotopic (exact) mass is 362 g/mol. The van der Waals surface area contributed by atoms with Gasteiger partial charge in [-0.2, -0.15) is 0 Å². The number of nitrogens with zero attached hydrogens (tertiary/aromatic N) is 1. The summed E-state index contributed by atoms with van der Waals surface area (Å²) in [7, 11) is 0. The van der Waals surface area contributed by atoms with Crippen LogP contribution in [0.1, 0.15) is 41.2 Å². The molecule has 1 aliphatic heterocycles. The van der Waals surface area contributed by atoms with Crippen LogP contribution in [0.5, 0.6) is 5.75 Å². The Hall–Kier alpha value is -3.21. The van der Waals surface area contributed by atoms with Crippen LogP contribution in [0.25, 0.3) is 0 Å². The minimum atomic E-state index is -0.280. The molecule has 0 spiro atoms. The molecular weight excluding hydrogens is 340 g/mol. The third-order valence-corrected chi connectivity index (χ3v) is 4.60. The van der Waals surface area contributed by atoms with Gasteiger partial charge >= 0.3 is 0 Å². The molecule has 1 aliphatic rings. The van der Waals surface area contributed by atoms with Gasteiger partial charge in [-0.1, -0.05) is 31.2 Å². The van der Waals surface area contributed by atoms with Gasteiger partial charge in [0.2, 0.25) is 0 Å². The number of anilines is 1. The van der Waals surface area contributed by atoms with Crippen LogP contribution in [0, 0.1) is 0 Å². The SMILES string of the molecule is CCCOc1ccc([C@@H]2Nc3ccccc3C(=O)N2Cc2ccco2)cc1. The summed E-state index contributed by atoms with van der Waals surface area (Å²) in [5.74, 6) is 1.57. The molecule has 2 aromatic carbocycles. The first kappa shape index (κ1) is 17.2. The molecule has 5 heteroatoms. The van der Waals surface area contributed by atoms with E-state index < -0.39 is 0 Å². The number of amides is 1. The van der Waals surface area contributed by atoms with Gasteiger partial charge in [-0.3, -0.25) is 4.79 Å². The summed E-state index contributed by atoms with van der Waals surface area (Å²) < 4.78 is 11.1. The second-order valence-corrected chi connectivity index (χ2v) is 6.52. The summed E-state index contributed by atoms with van der Waals surface area (Å²) in [6.07, 6.45) is 2.31. The first-order chi connectivity index (χ1) is 13.3. The number of hydrogen-bond donors (Lipinski definition) is 1. The standard InChI is InChI=1S/C22H22N2O3/c1-2-13-26-17-11-9-16(10-12-17)21-23-20-8-4-3-7-19(20)22(25)24(21)15-18-6-5-14-27-18/h3-12,14,21,23H,2,13,15H2,1H3/t21-/m1/s1. The highest BCUT2D eigenvalue weighted by Crippen LogP contribution is 2.34. The van der Waals surface area contributed by atoms with E-state index in [1.165, 1.54) is 0 Å². The average Bonchev–Trinajstić information content (AvgIpc) is 3.22. The van der Waals surface area contributed by atoms with E-state index in [1.807, 2.05) is 60.7 Å². The molecule has 1 atom stereocenters. The summed E-state index contributed by atoms with van der Waals surface area (Å²) in [5, 5.41) is 3.49. The maximum atomic E-state index is 13.2. The minimum absolute atomic E-state index is 0.0166. The fourth-order valence-electron chi connectivity index (χ4n) is 3.26. The molecule has 0 saturated carbocycles. The summed E-state index contributed by atoms with van der Waals surface area (Å²) in [5.41, 5.74) is 2.51. The number of rotatable bonds is 6. The number of hydrogen-bond acceptors (Lipinski definition) is 4. The van der Waals surface area contributed by atoms with E-state index in [9.17, 15) is 4.79 Å². The predicted octanol–water partition coefficient (Wildman–Crippen LogP) is 4.84. The van der Waals surface area contributed by atoms with E-state index in [2.05, 4.69) is 12.2 Å². The molecule has 0 fully saturated rings. The Labute approximate surface area is 158 Å². The lowest BCUT2D eigenvalue weighted by Gasteiger charge is -2.37. The Bertz CT molecular complexity index is 904. The number of benzene rings is 2. The number of nitrogens with one attached hydrogen (secondary N) is 1. The summed E-state index contributed by atoms with van der Waals surface area (Å²) >= 11 is 0. The van der Waals surface area contributed by atoms with Crippen LogP contribution in [-0.2, 0) is 6.54 Å². The van der Waals surface area contributed by atoms with E-state index in [-0.39, 0.29) is 12.1 Å². The predicted molar refractivity (Wildman–Crippen MR) is 104 cm³/mol. The topological polar surface area (TPSA) is 54.7 Å². The fraction of sp³-hybridized carbons (Fsp3) is 0.227. The van der Waals surface area contributed by atoms with E-state index in [0.717, 1.165) is 29.2 Å². The molecule has 27 heavy (non-hydrogen) atoms. The summed E-state index contributed by atoms with van der Waals surface area (Å²) in [6.45, 7) is 3.17. The van der Waals surface area contributed by atoms with E-state index >= 15 is 0 Å². The number of fused-ring (bicyclic) bond motifs is 1. The molecule has 138 valence electrons. The lowest BCUT2D eigenvalue weighted by Crippen LogP contribution is -2.42. The van der Waals surface area contributed by atoms with Gasteiger partial charge in [-0.25, -0.2) is 0 Å². The van der Waals surface area contributed by atoms with E-state index in [4.69, 9.17) is 9.15 Å². The van der Waals surface area contributed by atoms with Crippen LogP contribution in [0.15, 0.2) is 71.3 Å². The van der Waals surface area contributed by atoms with Gasteiger partial charge in [0.1, 0.15) is 17.7 Å². The number of furan rings is 1. The van der Waals surface area contributed by atoms with Gasteiger partial charge in [0.25, 0.3) is 5.91 Å². The Morgan fingerprint density at radius 3 is 2.63 bits per heavy atom. The van der Waals surface area contributed by atoms with Crippen LogP contribution in [-0.4, -0.2) is 17.4 Å². The van der Waals surface area contributed by atoms with Gasteiger partial charge in [-0.05, 0) is 48.4 Å². The quantitative estimate of drug-likeness (QED) is 0.682. The average molecular weight is 362 g/mol. The van der Waals surface area contributed by atoms with Gasteiger partial charge in [0, 0.05) is 5.69 Å². The summed E-state index contributed by atoms with van der Waals surface area (Å²) in [4.78, 5) is 14.9. The molecule has 5 nitrogen and oxygen atoms in total. The molecule has 2 heterocycles. The van der Waals surface area contributed by atoms with Crippen molar-refractivity contribution in [2.45, 2.75) is 26.1 Å². The van der Waals surface area contributed by atoms with E-state index in [0.29, 0.717) is 18.7 Å². The second-order valence-electron chi connectivity index (χ2n) is 6.52. The van der Waals surface area contributed by atoms with Crippen LogP contribution in [0.2, 0.25) is 0 Å². The van der Waals surface area contributed by atoms with Crippen LogP contribution in [0.3, 0.4) is 0 Å². The first-order valence-corrected chi connectivity index (χ1v) is 9.18. The Balaban J connectivity index is 1.66. The molecule has 4 rings (SSSR count). The van der Waals surface area contributed by atoms with Gasteiger partial charge < -0.3 is 19.4 Å². The molecule has 0 saturated heterocycles. The third kappa shape index (κ3) is 3.53. The maximum absolute atomic E-state index is 13.2. The van der Waals surface area contributed by atoms with Crippen molar-refractivity contribution in [3.63, 3.8) is 0 Å². The molecule has 3 aromatic rings. The molecule has 1 aromatic heterocycles. The van der Waals surface area contributed by atoms with Crippen molar-refractivity contribution in [1.82, 2.24) is 4.90 Å². The van der Waals surface area contributed by atoms with Crippen molar-refractivity contribution in [3.05, 3.63) is 83.8 Å². The van der Waals surface area contributed by atoms with Crippen molar-refractivity contribution in [2.75, 3.05) is 11.9 Å². The largest absolute Gasteiger partial charge is 0.494 e. The van der Waals surface area contributed by atoms with E-state index in [1.54, 1.807) is 11.2 Å². The van der Waals surface area contributed by atoms with Crippen LogP contribution in [0.4, 0.5) is 5.69 Å². The number of carbonyl (C=O) groups is 1. The Kier molecular flexibility index (Phi) is 4.83. The Morgan fingerprint density at radius 2 is 1.89 bits per heavy atom. The third-order valence-electron chi connectivity index (χ3n) is 4.60. The first-order valence-electron chi connectivity index (χ1n) is 9.18. The second kappa shape index (κ2) is 7.58. The van der Waals surface area contributed by atoms with Gasteiger partial charge in [0.05, 0.1) is 25.0 Å². The van der Waals surface area contributed by atoms with Crippen molar-refractivity contribution >= 4 is 11.6 Å². The van der Waals surface area contributed by atoms with Crippen molar-refractivity contribution in [3.8, 4) is 5.75 Å². The highest BCUT2D eigenvalue weighted by Gasteiger charge is 2.33. The van der Waals surface area contributed by atoms with Gasteiger partial charge in [-0.15, -0.1) is 0 Å². The smallest absolute Gasteiger partial charge is 0.258 e. The zero-order valence-electron chi connectivity index (χ0n) is 15.2. The normalized spacial score (nSPS) is 16.0. The van der Waals surface area contributed by atoms with Crippen molar-refractivity contribution in [2.24, 2.45) is 0 Å².